The molecule has 1 N–H and O–H groups in total. The number of aliphatic hydroxyl groups is 1. The molecule has 24 heavy (non-hydrogen) atoms. The summed E-state index contributed by atoms with van der Waals surface area (Å²) in [4.78, 5) is 0. The Kier molecular flexibility index (Phi) is 4.15. The zero-order valence-electron chi connectivity index (χ0n) is 12.8. The summed E-state index contributed by atoms with van der Waals surface area (Å²) < 4.78 is 41.1. The number of hydrogen-bond donors (Lipinski definition) is 1. The van der Waals surface area contributed by atoms with Crippen LogP contribution in [0.5, 0.6) is 0 Å². The van der Waals surface area contributed by atoms with Crippen LogP contribution in [0.4, 0.5) is 13.2 Å². The number of alkyl halides is 3. The largest absolute Gasteiger partial charge is 0.435 e. The number of nitrogens with zero attached hydrogens (tertiary/aromatic N) is 4. The van der Waals surface area contributed by atoms with Crippen molar-refractivity contribution in [1.82, 2.24) is 19.6 Å². The molecule has 0 fully saturated rings. The SMILES string of the molecule is Cn1nc(C(F)(F)F)cc1-c1ccc(Cn2cc(CO)cn2)cc1. The summed E-state index contributed by atoms with van der Waals surface area (Å²) >= 11 is 0. The predicted molar refractivity (Wildman–Crippen MR) is 80.9 cm³/mol. The van der Waals surface area contributed by atoms with Gasteiger partial charge in [-0.05, 0) is 17.2 Å². The van der Waals surface area contributed by atoms with Crippen LogP contribution in [0.2, 0.25) is 0 Å². The quantitative estimate of drug-likeness (QED) is 0.797. The summed E-state index contributed by atoms with van der Waals surface area (Å²) in [7, 11) is 1.48. The summed E-state index contributed by atoms with van der Waals surface area (Å²) in [6.07, 6.45) is -1.13. The maximum Gasteiger partial charge on any atom is 0.435 e. The van der Waals surface area contributed by atoms with Crippen molar-refractivity contribution in [2.75, 3.05) is 0 Å². The maximum atomic E-state index is 12.7. The second-order valence-electron chi connectivity index (χ2n) is 5.44. The van der Waals surface area contributed by atoms with Crippen LogP contribution in [0.25, 0.3) is 11.3 Å². The molecule has 0 saturated heterocycles. The van der Waals surface area contributed by atoms with Crippen LogP contribution in [0.3, 0.4) is 0 Å². The molecule has 0 aliphatic carbocycles. The van der Waals surface area contributed by atoms with E-state index in [1.54, 1.807) is 29.2 Å². The summed E-state index contributed by atoms with van der Waals surface area (Å²) in [5, 5.41) is 16.7. The van der Waals surface area contributed by atoms with E-state index in [1.807, 2.05) is 12.1 Å². The Morgan fingerprint density at radius 2 is 1.83 bits per heavy atom. The van der Waals surface area contributed by atoms with Gasteiger partial charge >= 0.3 is 6.18 Å². The minimum absolute atomic E-state index is 0.0685. The van der Waals surface area contributed by atoms with Crippen molar-refractivity contribution in [2.24, 2.45) is 7.05 Å². The van der Waals surface area contributed by atoms with Crippen molar-refractivity contribution in [3.63, 3.8) is 0 Å². The molecule has 0 bridgehead atoms. The lowest BCUT2D eigenvalue weighted by atomic mass is 10.1. The highest BCUT2D eigenvalue weighted by molar-refractivity contribution is 5.60. The van der Waals surface area contributed by atoms with Gasteiger partial charge in [-0.3, -0.25) is 9.36 Å². The molecular weight excluding hydrogens is 321 g/mol. The fourth-order valence-electron chi connectivity index (χ4n) is 2.42. The molecule has 1 aromatic carbocycles. The highest BCUT2D eigenvalue weighted by atomic mass is 19.4. The molecule has 0 aliphatic heterocycles. The smallest absolute Gasteiger partial charge is 0.392 e. The van der Waals surface area contributed by atoms with E-state index < -0.39 is 11.9 Å². The second kappa shape index (κ2) is 6.12. The second-order valence-corrected chi connectivity index (χ2v) is 5.44. The molecule has 0 radical (unpaired) electrons. The number of aryl methyl sites for hydroxylation is 1. The fourth-order valence-corrected chi connectivity index (χ4v) is 2.42. The van der Waals surface area contributed by atoms with E-state index >= 15 is 0 Å². The summed E-state index contributed by atoms with van der Waals surface area (Å²) in [5.41, 5.74) is 1.82. The van der Waals surface area contributed by atoms with E-state index in [-0.39, 0.29) is 6.61 Å². The van der Waals surface area contributed by atoms with E-state index in [0.717, 1.165) is 17.2 Å². The van der Waals surface area contributed by atoms with Crippen molar-refractivity contribution < 1.29 is 18.3 Å². The molecule has 0 saturated carbocycles. The number of hydrogen-bond acceptors (Lipinski definition) is 3. The third-order valence-corrected chi connectivity index (χ3v) is 3.63. The van der Waals surface area contributed by atoms with Gasteiger partial charge in [0.2, 0.25) is 0 Å². The summed E-state index contributed by atoms with van der Waals surface area (Å²) in [6.45, 7) is 0.445. The van der Waals surface area contributed by atoms with Gasteiger partial charge in [0.05, 0.1) is 25.0 Å². The van der Waals surface area contributed by atoms with E-state index in [4.69, 9.17) is 5.11 Å². The first kappa shape index (κ1) is 16.3. The molecule has 3 rings (SSSR count). The normalized spacial score (nSPS) is 11.9. The minimum atomic E-state index is -4.46. The van der Waals surface area contributed by atoms with Crippen LogP contribution in [0, 0.1) is 0 Å². The zero-order chi connectivity index (χ0) is 17.3. The molecule has 8 heteroatoms. The average molecular weight is 336 g/mol. The van der Waals surface area contributed by atoms with Gasteiger partial charge in [-0.1, -0.05) is 24.3 Å². The van der Waals surface area contributed by atoms with Crippen molar-refractivity contribution in [1.29, 1.82) is 0 Å². The predicted octanol–water partition coefficient (Wildman–Crippen LogP) is 2.84. The molecule has 0 atom stereocenters. The number of aliphatic hydroxyl groups excluding tert-OH is 1. The standard InChI is InChI=1S/C16H15F3N4O/c1-22-14(6-15(21-22)16(17,18)19)13-4-2-11(3-5-13)8-23-9-12(10-24)7-20-23/h2-7,9,24H,8,10H2,1H3. The van der Waals surface area contributed by atoms with Crippen molar-refractivity contribution in [3.8, 4) is 11.3 Å². The van der Waals surface area contributed by atoms with Gasteiger partial charge in [-0.25, -0.2) is 0 Å². The number of halogens is 3. The third kappa shape index (κ3) is 3.33. The Labute approximate surface area is 136 Å². The van der Waals surface area contributed by atoms with Gasteiger partial charge in [0.1, 0.15) is 0 Å². The molecule has 0 aliphatic rings. The van der Waals surface area contributed by atoms with Crippen LogP contribution in [-0.2, 0) is 26.4 Å². The third-order valence-electron chi connectivity index (χ3n) is 3.63. The van der Waals surface area contributed by atoms with E-state index in [0.29, 0.717) is 17.8 Å². The van der Waals surface area contributed by atoms with Gasteiger partial charge in [0.15, 0.2) is 5.69 Å². The van der Waals surface area contributed by atoms with E-state index in [1.165, 1.54) is 11.7 Å². The van der Waals surface area contributed by atoms with Crippen LogP contribution < -0.4 is 0 Å². The molecule has 0 amide bonds. The first-order valence-corrected chi connectivity index (χ1v) is 7.19. The Hall–Kier alpha value is -2.61. The summed E-state index contributed by atoms with van der Waals surface area (Å²) in [6, 6.07) is 8.20. The fraction of sp³-hybridized carbons (Fsp3) is 0.250. The minimum Gasteiger partial charge on any atom is -0.392 e. The average Bonchev–Trinajstić information content (AvgIpc) is 3.14. The van der Waals surface area contributed by atoms with Gasteiger partial charge in [0, 0.05) is 18.8 Å². The molecule has 0 unspecified atom stereocenters. The molecule has 5 nitrogen and oxygen atoms in total. The first-order chi connectivity index (χ1) is 11.4. The van der Waals surface area contributed by atoms with Gasteiger partial charge in [-0.15, -0.1) is 0 Å². The highest BCUT2D eigenvalue weighted by Crippen LogP contribution is 2.31. The molecular formula is C16H15F3N4O. The van der Waals surface area contributed by atoms with Crippen LogP contribution in [0.1, 0.15) is 16.8 Å². The van der Waals surface area contributed by atoms with Crippen molar-refractivity contribution in [3.05, 3.63) is 59.5 Å². The van der Waals surface area contributed by atoms with Crippen LogP contribution >= 0.6 is 0 Å². The monoisotopic (exact) mass is 336 g/mol. The molecule has 0 spiro atoms. The number of benzene rings is 1. The Morgan fingerprint density at radius 1 is 1.12 bits per heavy atom. The number of aromatic nitrogens is 4. The van der Waals surface area contributed by atoms with Gasteiger partial charge in [-0.2, -0.15) is 23.4 Å². The lowest BCUT2D eigenvalue weighted by Crippen LogP contribution is -2.06. The summed E-state index contributed by atoms with van der Waals surface area (Å²) in [5.74, 6) is 0. The first-order valence-electron chi connectivity index (χ1n) is 7.19. The van der Waals surface area contributed by atoms with Crippen molar-refractivity contribution in [2.45, 2.75) is 19.3 Å². The van der Waals surface area contributed by atoms with Crippen molar-refractivity contribution >= 4 is 0 Å². The highest BCUT2D eigenvalue weighted by Gasteiger charge is 2.34. The molecule has 2 aromatic heterocycles. The van der Waals surface area contributed by atoms with Gasteiger partial charge in [0.25, 0.3) is 0 Å². The molecule has 3 aromatic rings. The van der Waals surface area contributed by atoms with Crippen LogP contribution in [0.15, 0.2) is 42.7 Å². The van der Waals surface area contributed by atoms with E-state index in [9.17, 15) is 13.2 Å². The number of rotatable bonds is 4. The van der Waals surface area contributed by atoms with Crippen LogP contribution in [-0.4, -0.2) is 24.7 Å². The Balaban J connectivity index is 1.80. The zero-order valence-corrected chi connectivity index (χ0v) is 12.8. The van der Waals surface area contributed by atoms with Gasteiger partial charge < -0.3 is 5.11 Å². The van der Waals surface area contributed by atoms with E-state index in [2.05, 4.69) is 10.2 Å². The Morgan fingerprint density at radius 3 is 2.38 bits per heavy atom. The lowest BCUT2D eigenvalue weighted by Gasteiger charge is -2.05. The lowest BCUT2D eigenvalue weighted by molar-refractivity contribution is -0.141. The Bertz CT molecular complexity index is 834. The molecule has 2 heterocycles. The maximum absolute atomic E-state index is 12.7. The topological polar surface area (TPSA) is 55.9 Å². The molecule has 126 valence electrons.